The van der Waals surface area contributed by atoms with Crippen molar-refractivity contribution >= 4 is 5.91 Å². The molecule has 1 saturated heterocycles. The highest BCUT2D eigenvalue weighted by Crippen LogP contribution is 2.17. The molecule has 0 spiro atoms. The number of benzene rings is 1. The number of nitrogens with one attached hydrogen (secondary N) is 2. The van der Waals surface area contributed by atoms with E-state index in [0.29, 0.717) is 24.7 Å². The van der Waals surface area contributed by atoms with Crippen LogP contribution in [0.1, 0.15) is 35.1 Å². The summed E-state index contributed by atoms with van der Waals surface area (Å²) in [6.07, 6.45) is 6.09. The maximum atomic E-state index is 13.0. The van der Waals surface area contributed by atoms with Gasteiger partial charge in [-0.1, -0.05) is 5.21 Å². The maximum absolute atomic E-state index is 13.0. The van der Waals surface area contributed by atoms with Crippen molar-refractivity contribution in [3.63, 3.8) is 0 Å². The van der Waals surface area contributed by atoms with Gasteiger partial charge in [0.1, 0.15) is 5.82 Å². The summed E-state index contributed by atoms with van der Waals surface area (Å²) in [5, 5.41) is 18.7. The summed E-state index contributed by atoms with van der Waals surface area (Å²) in [7, 11) is 0. The van der Waals surface area contributed by atoms with Crippen LogP contribution in [-0.4, -0.2) is 50.3 Å². The zero-order valence-electron chi connectivity index (χ0n) is 15.4. The number of carbonyl (C=O) groups is 1. The number of piperidine rings is 1. The molecule has 3 aromatic rings. The Kier molecular flexibility index (Phi) is 5.43. The fourth-order valence-corrected chi connectivity index (χ4v) is 3.26. The van der Waals surface area contributed by atoms with E-state index in [-0.39, 0.29) is 11.7 Å². The Bertz CT molecular complexity index is 928. The molecule has 0 bridgehead atoms. The summed E-state index contributed by atoms with van der Waals surface area (Å²) in [5.74, 6) is -0.519. The Hall–Kier alpha value is -3.07. The van der Waals surface area contributed by atoms with Crippen LogP contribution >= 0.6 is 0 Å². The van der Waals surface area contributed by atoms with Gasteiger partial charge in [0.15, 0.2) is 5.69 Å². The van der Waals surface area contributed by atoms with Crippen LogP contribution in [0.15, 0.2) is 42.7 Å². The van der Waals surface area contributed by atoms with Gasteiger partial charge in [0.25, 0.3) is 5.91 Å². The number of rotatable bonds is 6. The first-order valence-electron chi connectivity index (χ1n) is 9.40. The quantitative estimate of drug-likeness (QED) is 0.673. The number of aromatic nitrogens is 5. The van der Waals surface area contributed by atoms with Gasteiger partial charge in [0, 0.05) is 19.2 Å². The van der Waals surface area contributed by atoms with Crippen molar-refractivity contribution in [1.29, 1.82) is 0 Å². The molecule has 3 heterocycles. The van der Waals surface area contributed by atoms with Crippen LogP contribution in [0, 0.1) is 5.82 Å². The van der Waals surface area contributed by atoms with Crippen LogP contribution in [-0.2, 0) is 6.42 Å². The lowest BCUT2D eigenvalue weighted by molar-refractivity contribution is 0.0949. The van der Waals surface area contributed by atoms with E-state index < -0.39 is 0 Å². The van der Waals surface area contributed by atoms with Crippen LogP contribution in [0.25, 0.3) is 5.69 Å². The number of hydrogen-bond acceptors (Lipinski definition) is 5. The smallest absolute Gasteiger partial charge is 0.273 e. The highest BCUT2D eigenvalue weighted by molar-refractivity contribution is 5.91. The standard InChI is InChI=1S/C19H22FN7O/c20-14-1-3-16(4-2-14)26-12-8-15(24-26)5-11-22-19(28)18-13-27(25-23-18)17-6-9-21-10-7-17/h1-4,8,12-13,17,21H,5-7,9-11H2,(H,22,28). The first-order chi connectivity index (χ1) is 13.7. The normalized spacial score (nSPS) is 14.9. The Morgan fingerprint density at radius 3 is 2.79 bits per heavy atom. The number of nitrogens with zero attached hydrogens (tertiary/aromatic N) is 5. The molecule has 0 unspecified atom stereocenters. The Balaban J connectivity index is 1.29. The molecule has 4 rings (SSSR count). The number of hydrogen-bond donors (Lipinski definition) is 2. The van der Waals surface area contributed by atoms with Gasteiger partial charge in [0.2, 0.25) is 0 Å². The average Bonchev–Trinajstić information content (AvgIpc) is 3.39. The van der Waals surface area contributed by atoms with Crippen molar-refractivity contribution in [3.8, 4) is 5.69 Å². The van der Waals surface area contributed by atoms with Gasteiger partial charge in [0.05, 0.1) is 23.6 Å². The third-order valence-corrected chi connectivity index (χ3v) is 4.83. The van der Waals surface area contributed by atoms with Crippen LogP contribution in [0.5, 0.6) is 0 Å². The summed E-state index contributed by atoms with van der Waals surface area (Å²) < 4.78 is 16.5. The molecular weight excluding hydrogens is 361 g/mol. The summed E-state index contributed by atoms with van der Waals surface area (Å²) in [4.78, 5) is 12.3. The largest absolute Gasteiger partial charge is 0.350 e. The van der Waals surface area contributed by atoms with Gasteiger partial charge in [-0.15, -0.1) is 5.10 Å². The minimum absolute atomic E-state index is 0.238. The molecule has 1 aliphatic rings. The Labute approximate surface area is 161 Å². The summed E-state index contributed by atoms with van der Waals surface area (Å²) in [6.45, 7) is 2.35. The molecule has 8 nitrogen and oxygen atoms in total. The van der Waals surface area contributed by atoms with Gasteiger partial charge in [-0.2, -0.15) is 5.10 Å². The lowest BCUT2D eigenvalue weighted by Gasteiger charge is -2.22. The van der Waals surface area contributed by atoms with Crippen LogP contribution in [0.2, 0.25) is 0 Å². The van der Waals surface area contributed by atoms with Crippen molar-refractivity contribution in [1.82, 2.24) is 35.4 Å². The molecule has 1 amide bonds. The molecule has 9 heteroatoms. The zero-order valence-corrected chi connectivity index (χ0v) is 15.4. The molecule has 146 valence electrons. The number of amides is 1. The SMILES string of the molecule is O=C(NCCc1ccn(-c2ccc(F)cc2)n1)c1cn(C2CCNCC2)nn1. The third-order valence-electron chi connectivity index (χ3n) is 4.83. The van der Waals surface area contributed by atoms with E-state index in [0.717, 1.165) is 37.3 Å². The fourth-order valence-electron chi connectivity index (χ4n) is 3.26. The molecular formula is C19H22FN7O. The van der Waals surface area contributed by atoms with E-state index in [2.05, 4.69) is 26.0 Å². The van der Waals surface area contributed by atoms with Crippen LogP contribution in [0.4, 0.5) is 4.39 Å². The molecule has 28 heavy (non-hydrogen) atoms. The van der Waals surface area contributed by atoms with E-state index >= 15 is 0 Å². The van der Waals surface area contributed by atoms with E-state index in [4.69, 9.17) is 0 Å². The van der Waals surface area contributed by atoms with Crippen molar-refractivity contribution in [2.75, 3.05) is 19.6 Å². The molecule has 0 atom stereocenters. The molecule has 2 aromatic heterocycles. The lowest BCUT2D eigenvalue weighted by Crippen LogP contribution is -2.29. The molecule has 1 aliphatic heterocycles. The second-order valence-electron chi connectivity index (χ2n) is 6.80. The fraction of sp³-hybridized carbons (Fsp3) is 0.368. The molecule has 1 fully saturated rings. The van der Waals surface area contributed by atoms with Gasteiger partial charge in [-0.05, 0) is 56.3 Å². The van der Waals surface area contributed by atoms with Crippen molar-refractivity contribution in [2.45, 2.75) is 25.3 Å². The third kappa shape index (κ3) is 4.25. The second kappa shape index (κ2) is 8.30. The minimum Gasteiger partial charge on any atom is -0.350 e. The van der Waals surface area contributed by atoms with Crippen molar-refractivity contribution in [2.24, 2.45) is 0 Å². The van der Waals surface area contributed by atoms with Crippen LogP contribution in [0.3, 0.4) is 0 Å². The highest BCUT2D eigenvalue weighted by atomic mass is 19.1. The van der Waals surface area contributed by atoms with E-state index in [1.165, 1.54) is 12.1 Å². The van der Waals surface area contributed by atoms with Gasteiger partial charge in [-0.25, -0.2) is 13.8 Å². The van der Waals surface area contributed by atoms with E-state index in [1.807, 2.05) is 12.3 Å². The van der Waals surface area contributed by atoms with Gasteiger partial charge >= 0.3 is 0 Å². The van der Waals surface area contributed by atoms with Gasteiger partial charge < -0.3 is 10.6 Å². The second-order valence-corrected chi connectivity index (χ2v) is 6.80. The first kappa shape index (κ1) is 18.3. The summed E-state index contributed by atoms with van der Waals surface area (Å²) in [6, 6.07) is 8.30. The first-order valence-corrected chi connectivity index (χ1v) is 9.40. The van der Waals surface area contributed by atoms with Crippen molar-refractivity contribution < 1.29 is 9.18 Å². The highest BCUT2D eigenvalue weighted by Gasteiger charge is 2.18. The molecule has 2 N–H and O–H groups in total. The van der Waals surface area contributed by atoms with E-state index in [9.17, 15) is 9.18 Å². The maximum Gasteiger partial charge on any atom is 0.273 e. The predicted octanol–water partition coefficient (Wildman–Crippen LogP) is 1.50. The molecule has 0 saturated carbocycles. The topological polar surface area (TPSA) is 89.7 Å². The van der Waals surface area contributed by atoms with Crippen molar-refractivity contribution in [3.05, 3.63) is 59.9 Å². The van der Waals surface area contributed by atoms with Crippen LogP contribution < -0.4 is 10.6 Å². The Morgan fingerprint density at radius 1 is 1.21 bits per heavy atom. The zero-order chi connectivity index (χ0) is 19.3. The summed E-state index contributed by atoms with van der Waals surface area (Å²) in [5.41, 5.74) is 1.95. The molecule has 1 aromatic carbocycles. The van der Waals surface area contributed by atoms with Gasteiger partial charge in [-0.3, -0.25) is 4.79 Å². The minimum atomic E-state index is -0.282. The predicted molar refractivity (Wildman–Crippen MR) is 101 cm³/mol. The molecule has 0 aliphatic carbocycles. The number of carbonyl (C=O) groups excluding carboxylic acids is 1. The lowest BCUT2D eigenvalue weighted by atomic mass is 10.1. The molecule has 0 radical (unpaired) electrons. The average molecular weight is 383 g/mol. The monoisotopic (exact) mass is 383 g/mol. The van der Waals surface area contributed by atoms with E-state index in [1.54, 1.807) is 27.7 Å². The Morgan fingerprint density at radius 2 is 2.00 bits per heavy atom. The summed E-state index contributed by atoms with van der Waals surface area (Å²) >= 11 is 0. The number of halogens is 1.